The van der Waals surface area contributed by atoms with Gasteiger partial charge in [0.1, 0.15) is 11.2 Å². The van der Waals surface area contributed by atoms with Crippen LogP contribution in [0.1, 0.15) is 27.7 Å². The summed E-state index contributed by atoms with van der Waals surface area (Å²) in [5.74, 6) is 1.12. The molecule has 34 heavy (non-hydrogen) atoms. The standard InChI is InChI=1S/C27H24BN3O3/c1-26(2)27(3,4)34-28(33-26)25-30-23(17-11-6-5-7-12-17)29-24(31-25)19-14-10-16-21-22(19)18-13-8-9-15-20(18)32-21/h5-16H,1-4H3. The van der Waals surface area contributed by atoms with Gasteiger partial charge in [-0.1, -0.05) is 60.7 Å². The van der Waals surface area contributed by atoms with Crippen LogP contribution >= 0.6 is 0 Å². The van der Waals surface area contributed by atoms with E-state index in [-0.39, 0.29) is 0 Å². The lowest BCUT2D eigenvalue weighted by Gasteiger charge is -2.32. The van der Waals surface area contributed by atoms with Crippen LogP contribution in [0, 0.1) is 0 Å². The molecule has 0 spiro atoms. The van der Waals surface area contributed by atoms with Crippen LogP contribution in [0.15, 0.2) is 77.2 Å². The first-order valence-electron chi connectivity index (χ1n) is 11.4. The van der Waals surface area contributed by atoms with Gasteiger partial charge in [0.25, 0.3) is 0 Å². The zero-order chi connectivity index (χ0) is 23.5. The molecule has 0 N–H and O–H groups in total. The first-order chi connectivity index (χ1) is 16.3. The Morgan fingerprint density at radius 3 is 2.06 bits per heavy atom. The average Bonchev–Trinajstić information content (AvgIpc) is 3.32. The summed E-state index contributed by atoms with van der Waals surface area (Å²) in [6.45, 7) is 8.08. The third kappa shape index (κ3) is 3.31. The maximum absolute atomic E-state index is 6.28. The molecule has 1 saturated heterocycles. The number of fused-ring (bicyclic) bond motifs is 3. The smallest absolute Gasteiger partial charge is 0.456 e. The quantitative estimate of drug-likeness (QED) is 0.344. The highest BCUT2D eigenvalue weighted by molar-refractivity contribution is 6.60. The van der Waals surface area contributed by atoms with Crippen molar-refractivity contribution < 1.29 is 13.7 Å². The SMILES string of the molecule is CC1(C)OB(c2nc(-c3ccccc3)nc(-c3cccc4oc5ccccc5c34)n2)OC1(C)C. The van der Waals surface area contributed by atoms with Crippen molar-refractivity contribution in [1.29, 1.82) is 0 Å². The molecule has 1 aliphatic rings. The van der Waals surface area contributed by atoms with E-state index in [1.54, 1.807) is 0 Å². The highest BCUT2D eigenvalue weighted by atomic mass is 16.7. The number of furan rings is 1. The van der Waals surface area contributed by atoms with E-state index in [2.05, 4.69) is 6.07 Å². The lowest BCUT2D eigenvalue weighted by Crippen LogP contribution is -2.41. The summed E-state index contributed by atoms with van der Waals surface area (Å²) >= 11 is 0. The molecule has 1 fully saturated rings. The Kier molecular flexibility index (Phi) is 4.63. The van der Waals surface area contributed by atoms with Gasteiger partial charge in [0.15, 0.2) is 17.4 Å². The van der Waals surface area contributed by atoms with E-state index >= 15 is 0 Å². The first kappa shape index (κ1) is 21.0. The molecule has 7 heteroatoms. The van der Waals surface area contributed by atoms with Gasteiger partial charge in [-0.25, -0.2) is 15.0 Å². The molecule has 3 heterocycles. The summed E-state index contributed by atoms with van der Waals surface area (Å²) in [5, 5.41) is 2.00. The van der Waals surface area contributed by atoms with Gasteiger partial charge < -0.3 is 13.7 Å². The fourth-order valence-corrected chi connectivity index (χ4v) is 4.24. The molecule has 0 atom stereocenters. The summed E-state index contributed by atoms with van der Waals surface area (Å²) in [6.07, 6.45) is 0. The molecule has 3 aromatic carbocycles. The number of aromatic nitrogens is 3. The van der Waals surface area contributed by atoms with Gasteiger partial charge in [-0.3, -0.25) is 0 Å². The van der Waals surface area contributed by atoms with Gasteiger partial charge in [-0.15, -0.1) is 0 Å². The molecule has 2 aromatic heterocycles. The predicted octanol–water partition coefficient (Wildman–Crippen LogP) is 5.40. The molecule has 5 aromatic rings. The number of benzene rings is 3. The Bertz CT molecular complexity index is 1510. The summed E-state index contributed by atoms with van der Waals surface area (Å²) in [6, 6.07) is 23.8. The number of rotatable bonds is 3. The highest BCUT2D eigenvalue weighted by Gasteiger charge is 2.53. The van der Waals surface area contributed by atoms with Crippen LogP contribution in [-0.4, -0.2) is 33.3 Å². The normalized spacial score (nSPS) is 17.0. The molecule has 0 amide bonds. The lowest BCUT2D eigenvalue weighted by atomic mass is 9.88. The topological polar surface area (TPSA) is 70.3 Å². The Morgan fingerprint density at radius 1 is 0.647 bits per heavy atom. The summed E-state index contributed by atoms with van der Waals surface area (Å²) in [4.78, 5) is 14.5. The van der Waals surface area contributed by atoms with Crippen LogP contribution in [0.5, 0.6) is 0 Å². The molecule has 6 rings (SSSR count). The van der Waals surface area contributed by atoms with Crippen molar-refractivity contribution in [2.45, 2.75) is 38.9 Å². The average molecular weight is 449 g/mol. The van der Waals surface area contributed by atoms with E-state index in [4.69, 9.17) is 28.7 Å². The van der Waals surface area contributed by atoms with Crippen LogP contribution in [0.3, 0.4) is 0 Å². The van der Waals surface area contributed by atoms with Crippen LogP contribution in [0.25, 0.3) is 44.7 Å². The van der Waals surface area contributed by atoms with Crippen molar-refractivity contribution in [2.75, 3.05) is 0 Å². The first-order valence-corrected chi connectivity index (χ1v) is 11.4. The van der Waals surface area contributed by atoms with E-state index in [9.17, 15) is 0 Å². The molecule has 0 bridgehead atoms. The van der Waals surface area contributed by atoms with Crippen LogP contribution < -0.4 is 5.72 Å². The number of hydrogen-bond donors (Lipinski definition) is 0. The van der Waals surface area contributed by atoms with Gasteiger partial charge in [0.2, 0.25) is 0 Å². The van der Waals surface area contributed by atoms with Crippen LogP contribution in [0.4, 0.5) is 0 Å². The Labute approximate surface area is 198 Å². The molecule has 0 aliphatic carbocycles. The van der Waals surface area contributed by atoms with E-state index < -0.39 is 18.3 Å². The largest absolute Gasteiger partial charge is 0.534 e. The van der Waals surface area contributed by atoms with Gasteiger partial charge in [0.05, 0.1) is 11.2 Å². The third-order valence-electron chi connectivity index (χ3n) is 6.79. The Hall–Kier alpha value is -3.55. The van der Waals surface area contributed by atoms with Crippen LogP contribution in [0.2, 0.25) is 0 Å². The second kappa shape index (κ2) is 7.48. The molecule has 0 unspecified atom stereocenters. The van der Waals surface area contributed by atoms with Gasteiger partial charge in [-0.05, 0) is 39.8 Å². The zero-order valence-corrected chi connectivity index (χ0v) is 19.6. The van der Waals surface area contributed by atoms with E-state index in [1.807, 2.05) is 94.4 Å². The monoisotopic (exact) mass is 449 g/mol. The number of para-hydroxylation sites is 1. The molecular formula is C27H24BN3O3. The van der Waals surface area contributed by atoms with Crippen molar-refractivity contribution in [3.05, 3.63) is 72.8 Å². The zero-order valence-electron chi connectivity index (χ0n) is 19.6. The highest BCUT2D eigenvalue weighted by Crippen LogP contribution is 2.37. The molecule has 6 nitrogen and oxygen atoms in total. The third-order valence-corrected chi connectivity index (χ3v) is 6.79. The van der Waals surface area contributed by atoms with Crippen molar-refractivity contribution in [2.24, 2.45) is 0 Å². The van der Waals surface area contributed by atoms with E-state index in [0.29, 0.717) is 17.4 Å². The minimum Gasteiger partial charge on any atom is -0.456 e. The number of hydrogen-bond acceptors (Lipinski definition) is 6. The minimum atomic E-state index is -0.700. The Balaban J connectivity index is 1.58. The molecule has 0 saturated carbocycles. The fourth-order valence-electron chi connectivity index (χ4n) is 4.24. The van der Waals surface area contributed by atoms with Crippen LogP contribution in [-0.2, 0) is 9.31 Å². The van der Waals surface area contributed by atoms with E-state index in [0.717, 1.165) is 33.1 Å². The Morgan fingerprint density at radius 2 is 1.29 bits per heavy atom. The minimum absolute atomic E-state index is 0.451. The van der Waals surface area contributed by atoms with Crippen molar-refractivity contribution in [1.82, 2.24) is 15.0 Å². The second-order valence-electron chi connectivity index (χ2n) is 9.57. The maximum Gasteiger partial charge on any atom is 0.534 e. The number of nitrogens with zero attached hydrogens (tertiary/aromatic N) is 3. The molecule has 1 aliphatic heterocycles. The second-order valence-corrected chi connectivity index (χ2v) is 9.57. The van der Waals surface area contributed by atoms with Gasteiger partial charge in [0, 0.05) is 21.9 Å². The van der Waals surface area contributed by atoms with Crippen molar-refractivity contribution >= 4 is 34.8 Å². The maximum atomic E-state index is 6.28. The molecule has 0 radical (unpaired) electrons. The summed E-state index contributed by atoms with van der Waals surface area (Å²) in [5.41, 5.74) is 2.84. The summed E-state index contributed by atoms with van der Waals surface area (Å²) in [7, 11) is -0.700. The van der Waals surface area contributed by atoms with E-state index in [1.165, 1.54) is 0 Å². The van der Waals surface area contributed by atoms with Crippen molar-refractivity contribution in [3.8, 4) is 22.8 Å². The van der Waals surface area contributed by atoms with Gasteiger partial charge >= 0.3 is 7.12 Å². The van der Waals surface area contributed by atoms with Crippen molar-refractivity contribution in [3.63, 3.8) is 0 Å². The molecular weight excluding hydrogens is 425 g/mol. The predicted molar refractivity (Wildman–Crippen MR) is 134 cm³/mol. The van der Waals surface area contributed by atoms with Gasteiger partial charge in [-0.2, -0.15) is 0 Å². The lowest BCUT2D eigenvalue weighted by molar-refractivity contribution is 0.00578. The summed E-state index contributed by atoms with van der Waals surface area (Å²) < 4.78 is 18.7. The fraction of sp³-hybridized carbons (Fsp3) is 0.222. The molecule has 168 valence electrons.